The number of hydrogen-bond acceptors (Lipinski definition) is 2. The summed E-state index contributed by atoms with van der Waals surface area (Å²) in [4.78, 5) is 0. The van der Waals surface area contributed by atoms with Crippen LogP contribution in [-0.2, 0) is 0 Å². The van der Waals surface area contributed by atoms with Gasteiger partial charge in [-0.1, -0.05) is 26.8 Å². The quantitative estimate of drug-likeness (QED) is 0.669. The molecule has 0 radical (unpaired) electrons. The van der Waals surface area contributed by atoms with Gasteiger partial charge in [-0.2, -0.15) is 0 Å². The Hall–Kier alpha value is 0.0500. The molecule has 0 amide bonds. The summed E-state index contributed by atoms with van der Waals surface area (Å²) in [5.74, 6) is 0. The van der Waals surface area contributed by atoms with Crippen LogP contribution in [0.2, 0.25) is 0 Å². The zero-order chi connectivity index (χ0) is 8.20. The molecular weight excluding hydrogens is 144 g/mol. The van der Waals surface area contributed by atoms with E-state index in [1.165, 1.54) is 0 Å². The molecule has 0 spiro atoms. The molecule has 0 fully saturated rings. The average Bonchev–Trinajstić information content (AvgIpc) is 1.59. The minimum absolute atomic E-state index is 0.255. The van der Waals surface area contributed by atoms with Crippen molar-refractivity contribution in [2.45, 2.75) is 38.5 Å². The van der Waals surface area contributed by atoms with Gasteiger partial charge in [-0.25, -0.2) is 0 Å². The summed E-state index contributed by atoms with van der Waals surface area (Å²) in [6.07, 6.45) is 1.46. The average molecular weight is 160 g/mol. The van der Waals surface area contributed by atoms with E-state index in [0.717, 1.165) is 0 Å². The number of hydrogen-bond donors (Lipinski definition) is 1. The van der Waals surface area contributed by atoms with Crippen molar-refractivity contribution in [3.63, 3.8) is 0 Å². The fourth-order valence-corrected chi connectivity index (χ4v) is 1.07. The Balaban J connectivity index is 3.54. The van der Waals surface area contributed by atoms with E-state index in [9.17, 15) is 0 Å². The minimum atomic E-state index is -0.324. The van der Waals surface area contributed by atoms with Gasteiger partial charge in [-0.05, 0) is 12.3 Å². The van der Waals surface area contributed by atoms with E-state index in [-0.39, 0.29) is 10.9 Å². The van der Waals surface area contributed by atoms with Gasteiger partial charge in [0.05, 0.1) is 6.10 Å². The second kappa shape index (κ2) is 4.04. The minimum Gasteiger partial charge on any atom is -0.389 e. The molecule has 0 aliphatic carbocycles. The number of aliphatic hydroxyl groups is 1. The first-order valence-corrected chi connectivity index (χ1v) is 4.32. The van der Waals surface area contributed by atoms with Gasteiger partial charge in [-0.3, -0.25) is 0 Å². The van der Waals surface area contributed by atoms with Crippen molar-refractivity contribution >= 4 is 11.8 Å². The lowest BCUT2D eigenvalue weighted by Gasteiger charge is -2.13. The van der Waals surface area contributed by atoms with Crippen molar-refractivity contribution in [1.29, 1.82) is 0 Å². The molecule has 0 aromatic rings. The van der Waals surface area contributed by atoms with E-state index in [4.69, 9.17) is 5.11 Å². The molecule has 60 valence electrons. The van der Waals surface area contributed by atoms with Crippen molar-refractivity contribution in [2.75, 3.05) is 0 Å². The van der Waals surface area contributed by atoms with E-state index < -0.39 is 0 Å². The molecule has 0 aromatic carbocycles. The molecule has 1 atom stereocenters. The van der Waals surface area contributed by atoms with Crippen LogP contribution in [0.25, 0.3) is 0 Å². The van der Waals surface area contributed by atoms with Crippen LogP contribution in [0.5, 0.6) is 0 Å². The van der Waals surface area contributed by atoms with E-state index in [1.54, 1.807) is 24.8 Å². The largest absolute Gasteiger partial charge is 0.389 e. The lowest BCUT2D eigenvalue weighted by Crippen LogP contribution is -2.05. The molecule has 1 N–H and O–H groups in total. The van der Waals surface area contributed by atoms with E-state index in [2.05, 4.69) is 20.8 Å². The van der Waals surface area contributed by atoms with E-state index in [0.29, 0.717) is 0 Å². The summed E-state index contributed by atoms with van der Waals surface area (Å²) in [5, 5.41) is 10.8. The topological polar surface area (TPSA) is 20.2 Å². The van der Waals surface area contributed by atoms with Crippen LogP contribution in [0.1, 0.15) is 27.7 Å². The van der Waals surface area contributed by atoms with Crippen LogP contribution in [0.4, 0.5) is 0 Å². The van der Waals surface area contributed by atoms with Crippen molar-refractivity contribution < 1.29 is 5.11 Å². The maximum atomic E-state index is 8.85. The van der Waals surface area contributed by atoms with Crippen LogP contribution < -0.4 is 0 Å². The highest BCUT2D eigenvalue weighted by atomic mass is 32.2. The zero-order valence-electron chi connectivity index (χ0n) is 7.09. The summed E-state index contributed by atoms with van der Waals surface area (Å²) >= 11 is 1.72. The lowest BCUT2D eigenvalue weighted by molar-refractivity contribution is 0.244. The molecule has 0 unspecified atom stereocenters. The predicted octanol–water partition coefficient (Wildman–Crippen LogP) is 2.41. The Morgan fingerprint density at radius 3 is 2.20 bits per heavy atom. The summed E-state index contributed by atoms with van der Waals surface area (Å²) in [7, 11) is 0. The van der Waals surface area contributed by atoms with Gasteiger partial charge in [0.2, 0.25) is 0 Å². The number of aliphatic hydroxyl groups excluding tert-OH is 1. The highest BCUT2D eigenvalue weighted by Crippen LogP contribution is 2.23. The van der Waals surface area contributed by atoms with Gasteiger partial charge in [-0.15, -0.1) is 11.8 Å². The fourth-order valence-electron chi connectivity index (χ4n) is 0.357. The van der Waals surface area contributed by atoms with Gasteiger partial charge in [0, 0.05) is 4.75 Å². The second-order valence-electron chi connectivity index (χ2n) is 3.30. The summed E-state index contributed by atoms with van der Waals surface area (Å²) in [6.45, 7) is 8.18. The molecule has 0 heterocycles. The molecule has 0 rings (SSSR count). The van der Waals surface area contributed by atoms with E-state index >= 15 is 0 Å². The standard InChI is InChI=1S/C8H16OS/c1-7(9)5-6-10-8(2,3)4/h5-7,9H,1-4H3/b6-5+/t7-/m1/s1. The normalized spacial score (nSPS) is 16.1. The molecule has 0 saturated carbocycles. The van der Waals surface area contributed by atoms with Crippen molar-refractivity contribution in [3.05, 3.63) is 11.5 Å². The summed E-state index contributed by atoms with van der Waals surface area (Å²) < 4.78 is 0.255. The fraction of sp³-hybridized carbons (Fsp3) is 0.750. The molecule has 0 aliphatic heterocycles. The smallest absolute Gasteiger partial charge is 0.0700 e. The Kier molecular flexibility index (Phi) is 4.06. The second-order valence-corrected chi connectivity index (χ2v) is 5.03. The van der Waals surface area contributed by atoms with E-state index in [1.807, 2.05) is 5.41 Å². The molecule has 0 aliphatic rings. The monoisotopic (exact) mass is 160 g/mol. The molecule has 1 nitrogen and oxygen atoms in total. The van der Waals surface area contributed by atoms with Crippen LogP contribution in [0, 0.1) is 0 Å². The van der Waals surface area contributed by atoms with Gasteiger partial charge < -0.3 is 5.11 Å². The predicted molar refractivity (Wildman–Crippen MR) is 48.2 cm³/mol. The zero-order valence-corrected chi connectivity index (χ0v) is 7.90. The van der Waals surface area contributed by atoms with Crippen LogP contribution >= 0.6 is 11.8 Å². The molecule has 0 saturated heterocycles. The Morgan fingerprint density at radius 1 is 1.40 bits per heavy atom. The SMILES string of the molecule is C[C@@H](O)/C=C/SC(C)(C)C. The highest BCUT2D eigenvalue weighted by molar-refractivity contribution is 8.03. The Bertz CT molecular complexity index is 111. The van der Waals surface area contributed by atoms with Crippen LogP contribution in [0.3, 0.4) is 0 Å². The lowest BCUT2D eigenvalue weighted by atomic mass is 10.3. The first kappa shape index (κ1) is 10.0. The first-order chi connectivity index (χ1) is 4.42. The third-order valence-electron chi connectivity index (χ3n) is 0.779. The summed E-state index contributed by atoms with van der Waals surface area (Å²) in [5.41, 5.74) is 0. The van der Waals surface area contributed by atoms with Gasteiger partial charge in [0.25, 0.3) is 0 Å². The first-order valence-electron chi connectivity index (χ1n) is 3.44. The Morgan fingerprint density at radius 2 is 1.90 bits per heavy atom. The maximum absolute atomic E-state index is 8.85. The maximum Gasteiger partial charge on any atom is 0.0700 e. The molecule has 10 heavy (non-hydrogen) atoms. The number of rotatable bonds is 2. The molecular formula is C8H16OS. The third-order valence-corrected chi connectivity index (χ3v) is 1.78. The molecule has 0 aromatic heterocycles. The summed E-state index contributed by atoms with van der Waals surface area (Å²) in [6, 6.07) is 0. The highest BCUT2D eigenvalue weighted by Gasteiger charge is 2.06. The van der Waals surface area contributed by atoms with Crippen molar-refractivity contribution in [3.8, 4) is 0 Å². The Labute approximate surface area is 67.5 Å². The van der Waals surface area contributed by atoms with Crippen molar-refractivity contribution in [2.24, 2.45) is 0 Å². The van der Waals surface area contributed by atoms with Crippen molar-refractivity contribution in [1.82, 2.24) is 0 Å². The van der Waals surface area contributed by atoms with Gasteiger partial charge >= 0.3 is 0 Å². The van der Waals surface area contributed by atoms with Crippen LogP contribution in [-0.4, -0.2) is 16.0 Å². The van der Waals surface area contributed by atoms with Gasteiger partial charge in [0.1, 0.15) is 0 Å². The van der Waals surface area contributed by atoms with Gasteiger partial charge in [0.15, 0.2) is 0 Å². The third kappa shape index (κ3) is 8.05. The van der Waals surface area contributed by atoms with Crippen LogP contribution in [0.15, 0.2) is 11.5 Å². The number of thioether (sulfide) groups is 1. The molecule has 0 bridgehead atoms. The molecule has 2 heteroatoms.